The van der Waals surface area contributed by atoms with Gasteiger partial charge in [-0.25, -0.2) is 31.1 Å². The fourth-order valence-corrected chi connectivity index (χ4v) is 11.0. The quantitative estimate of drug-likeness (QED) is 0.0653. The van der Waals surface area contributed by atoms with Crippen LogP contribution in [0.25, 0.3) is 11.4 Å². The molecule has 0 spiro atoms. The van der Waals surface area contributed by atoms with Gasteiger partial charge in [0.15, 0.2) is 0 Å². The molecular weight excluding hydrogens is 1040 g/mol. The third-order valence-corrected chi connectivity index (χ3v) is 14.5. The number of methoxy groups -OCH3 is 3. The van der Waals surface area contributed by atoms with Crippen LogP contribution >= 0.6 is 22.6 Å². The maximum Gasteiger partial charge on any atom is 0.407 e. The predicted octanol–water partition coefficient (Wildman–Crippen LogP) is 6.51. The summed E-state index contributed by atoms with van der Waals surface area (Å²) in [7, 11) is -5.15. The summed E-state index contributed by atoms with van der Waals surface area (Å²) in [4.78, 5) is 25.9. The number of sulfonamides is 2. The summed E-state index contributed by atoms with van der Waals surface area (Å²) in [5.41, 5.74) is 1.62. The van der Waals surface area contributed by atoms with Gasteiger partial charge in [-0.15, -0.1) is 10.2 Å². The first kappa shape index (κ1) is 52.0. The Morgan fingerprint density at radius 2 is 1.26 bits per heavy atom. The Balaban J connectivity index is 1.42. The van der Waals surface area contributed by atoms with Gasteiger partial charge in [-0.1, -0.05) is 66.7 Å². The number of ether oxygens (including phenoxy) is 5. The molecule has 0 unspecified atom stereocenters. The minimum absolute atomic E-state index is 0.0977. The number of hydrogen-bond acceptors (Lipinski definition) is 14. The second kappa shape index (κ2) is 23.3. The van der Waals surface area contributed by atoms with Crippen LogP contribution in [0.1, 0.15) is 43.0 Å². The molecule has 69 heavy (non-hydrogen) atoms. The number of rotatable bonds is 21. The normalized spacial score (nSPS) is 12.2. The highest BCUT2D eigenvalue weighted by Crippen LogP contribution is 2.38. The van der Waals surface area contributed by atoms with Crippen molar-refractivity contribution < 1.29 is 50.1 Å². The summed E-state index contributed by atoms with van der Waals surface area (Å²) in [6.07, 6.45) is -1.74. The van der Waals surface area contributed by atoms with Crippen LogP contribution in [-0.4, -0.2) is 99.6 Å². The van der Waals surface area contributed by atoms with E-state index in [4.69, 9.17) is 23.7 Å². The van der Waals surface area contributed by atoms with Crippen molar-refractivity contribution in [3.05, 3.63) is 141 Å². The first-order chi connectivity index (χ1) is 32.9. The highest BCUT2D eigenvalue weighted by atomic mass is 127. The average molecular weight is 1100 g/mol. The number of benzene rings is 5. The first-order valence-corrected chi connectivity index (χ1v) is 25.3. The number of amides is 2. The second-order valence-corrected chi connectivity index (χ2v) is 21.1. The maximum atomic E-state index is 15.7. The number of nitrogens with one attached hydrogen (secondary N) is 3. The van der Waals surface area contributed by atoms with E-state index in [2.05, 4.69) is 30.8 Å². The molecule has 0 aliphatic carbocycles. The lowest BCUT2D eigenvalue weighted by atomic mass is 10.2. The van der Waals surface area contributed by atoms with Gasteiger partial charge < -0.3 is 34.3 Å². The topological polar surface area (TPSA) is 231 Å². The number of aromatic nitrogens is 4. The third kappa shape index (κ3) is 14.6. The molecule has 0 aliphatic rings. The molecule has 5 aromatic carbocycles. The molecule has 1 heterocycles. The van der Waals surface area contributed by atoms with Gasteiger partial charge in [-0.3, -0.25) is 0 Å². The minimum atomic E-state index is -4.88. The molecule has 6 aromatic rings. The molecule has 0 radical (unpaired) electrons. The van der Waals surface area contributed by atoms with Gasteiger partial charge in [-0.05, 0) is 119 Å². The zero-order valence-corrected chi connectivity index (χ0v) is 42.5. The van der Waals surface area contributed by atoms with Crippen molar-refractivity contribution in [1.82, 2.24) is 39.9 Å². The molecule has 3 N–H and O–H groups in total. The number of halogens is 1. The van der Waals surface area contributed by atoms with E-state index in [0.29, 0.717) is 37.5 Å². The molecule has 0 aliphatic heterocycles. The predicted molar refractivity (Wildman–Crippen MR) is 263 cm³/mol. The molecule has 6 rings (SSSR count). The molecule has 2 amide bonds. The Kier molecular flexibility index (Phi) is 17.6. The van der Waals surface area contributed by atoms with E-state index in [9.17, 15) is 18.0 Å². The van der Waals surface area contributed by atoms with Crippen molar-refractivity contribution in [3.8, 4) is 28.6 Å². The van der Waals surface area contributed by atoms with Crippen molar-refractivity contribution in [2.75, 3.05) is 34.4 Å². The van der Waals surface area contributed by atoms with Crippen LogP contribution in [-0.2, 0) is 55.8 Å². The van der Waals surface area contributed by atoms with Crippen LogP contribution in [0.5, 0.6) is 17.2 Å². The highest BCUT2D eigenvalue weighted by molar-refractivity contribution is 14.1. The van der Waals surface area contributed by atoms with Gasteiger partial charge in [0.05, 0.1) is 39.5 Å². The average Bonchev–Trinajstić information content (AvgIpc) is 3.79. The number of nitrogens with zero attached hydrogens (tertiary/aromatic N) is 5. The Morgan fingerprint density at radius 3 is 1.80 bits per heavy atom. The molecule has 19 nitrogen and oxygen atoms in total. The van der Waals surface area contributed by atoms with Gasteiger partial charge in [0.2, 0.25) is 25.9 Å². The number of hydrogen-bond donors (Lipinski definition) is 3. The van der Waals surface area contributed by atoms with E-state index in [1.807, 2.05) is 40.8 Å². The zero-order chi connectivity index (χ0) is 49.8. The monoisotopic (exact) mass is 1100 g/mol. The van der Waals surface area contributed by atoms with E-state index in [-0.39, 0.29) is 44.2 Å². The van der Waals surface area contributed by atoms with E-state index in [1.54, 1.807) is 113 Å². The fourth-order valence-electron chi connectivity index (χ4n) is 6.66. The Labute approximate surface area is 415 Å². The minimum Gasteiger partial charge on any atom is -0.497 e. The van der Waals surface area contributed by atoms with Crippen LogP contribution in [0.2, 0.25) is 0 Å². The van der Waals surface area contributed by atoms with Crippen LogP contribution in [0.3, 0.4) is 0 Å². The van der Waals surface area contributed by atoms with Crippen LogP contribution in [0, 0.1) is 3.57 Å². The van der Waals surface area contributed by atoms with Crippen molar-refractivity contribution in [2.24, 2.45) is 0 Å². The van der Waals surface area contributed by atoms with E-state index < -0.39 is 60.2 Å². The van der Waals surface area contributed by atoms with Crippen molar-refractivity contribution in [3.63, 3.8) is 0 Å². The summed E-state index contributed by atoms with van der Waals surface area (Å²) in [6, 6.07) is 31.1. The molecular formula is C47H53IN8O11S2. The molecule has 1 aromatic heterocycles. The number of alkyl carbamates (subject to hydrolysis) is 2. The lowest BCUT2D eigenvalue weighted by Gasteiger charge is -2.26. The number of carbonyl (C=O) groups excluding carboxylic acids is 2. The SMILES string of the molecule is COc1ccc(CN(Cc2ccc(OC)cc2)S(=O)(=O)c2c(S(=O)(=O)NC[C@H](CNC(=O)OC(C)(C)C)NC(=O)OCc3ccccc3)ccc(I)c2-c2nnn(Cc3ccc(OC)cc3)n2)cc1. The summed E-state index contributed by atoms with van der Waals surface area (Å²) >= 11 is 1.91. The van der Waals surface area contributed by atoms with Gasteiger partial charge in [0.1, 0.15) is 39.2 Å². The summed E-state index contributed by atoms with van der Waals surface area (Å²) in [6.45, 7) is 3.77. The Hall–Kier alpha value is -6.34. The Morgan fingerprint density at radius 1 is 0.710 bits per heavy atom. The summed E-state index contributed by atoms with van der Waals surface area (Å²) in [5.74, 6) is 1.56. The van der Waals surface area contributed by atoms with Crippen LogP contribution in [0.15, 0.2) is 125 Å². The summed E-state index contributed by atoms with van der Waals surface area (Å²) < 4.78 is 91.7. The lowest BCUT2D eigenvalue weighted by molar-refractivity contribution is 0.0520. The smallest absolute Gasteiger partial charge is 0.407 e. The molecule has 22 heteroatoms. The van der Waals surface area contributed by atoms with E-state index in [1.165, 1.54) is 31.1 Å². The van der Waals surface area contributed by atoms with Gasteiger partial charge in [0.25, 0.3) is 0 Å². The Bertz CT molecular complexity index is 2850. The van der Waals surface area contributed by atoms with E-state index >= 15 is 8.42 Å². The second-order valence-electron chi connectivity index (χ2n) is 16.3. The van der Waals surface area contributed by atoms with Crippen molar-refractivity contribution >= 4 is 54.8 Å². The maximum absolute atomic E-state index is 15.7. The number of tetrazole rings is 1. The van der Waals surface area contributed by atoms with Crippen molar-refractivity contribution in [1.29, 1.82) is 0 Å². The first-order valence-electron chi connectivity index (χ1n) is 21.3. The largest absolute Gasteiger partial charge is 0.497 e. The van der Waals surface area contributed by atoms with Crippen LogP contribution < -0.4 is 29.6 Å². The molecule has 1 atom stereocenters. The van der Waals surface area contributed by atoms with Gasteiger partial charge in [0, 0.05) is 29.7 Å². The zero-order valence-electron chi connectivity index (χ0n) is 38.7. The van der Waals surface area contributed by atoms with Crippen LogP contribution in [0.4, 0.5) is 9.59 Å². The van der Waals surface area contributed by atoms with Gasteiger partial charge in [-0.2, -0.15) is 9.10 Å². The standard InChI is InChI=1S/C47H53IN8O11S2/c1-47(2,3)67-45(57)49-26-36(51-46(58)66-31-35-10-8-7-9-11-35)27-50-68(59,60)41-25-24-40(48)42(44-52-54-56(53-44)30-34-16-22-39(65-6)23-17-34)43(41)69(61,62)55(28-32-12-18-37(63-4)19-13-32)29-33-14-20-38(64-5)21-15-33/h7-25,36,50H,26-31H2,1-6H3,(H,49,57)(H,51,58)/t36-/m0/s1. The molecule has 0 fully saturated rings. The molecule has 0 bridgehead atoms. The fraction of sp³-hybridized carbons (Fsp3) is 0.298. The lowest BCUT2D eigenvalue weighted by Crippen LogP contribution is -2.50. The molecule has 366 valence electrons. The van der Waals surface area contributed by atoms with E-state index in [0.717, 1.165) is 9.87 Å². The van der Waals surface area contributed by atoms with Gasteiger partial charge >= 0.3 is 12.2 Å². The summed E-state index contributed by atoms with van der Waals surface area (Å²) in [5, 5.41) is 18.2. The third-order valence-electron chi connectivity index (χ3n) is 10.1. The molecule has 0 saturated heterocycles. The molecule has 0 saturated carbocycles. The number of carbonyl (C=O) groups is 2. The highest BCUT2D eigenvalue weighted by Gasteiger charge is 2.38. The van der Waals surface area contributed by atoms with Crippen molar-refractivity contribution in [2.45, 2.75) is 68.4 Å².